The van der Waals surface area contributed by atoms with Crippen LogP contribution >= 0.6 is 11.6 Å². The molecule has 0 amide bonds. The zero-order valence-corrected chi connectivity index (χ0v) is 10.9. The number of pyridine rings is 1. The van der Waals surface area contributed by atoms with Crippen LogP contribution < -0.4 is 10.3 Å². The minimum Gasteiger partial charge on any atom is -0.483 e. The maximum atomic E-state index is 12.0. The highest BCUT2D eigenvalue weighted by Gasteiger charge is 2.06. The molecule has 0 aliphatic rings. The van der Waals surface area contributed by atoms with Gasteiger partial charge >= 0.3 is 0 Å². The highest BCUT2D eigenvalue weighted by atomic mass is 35.5. The third-order valence-electron chi connectivity index (χ3n) is 2.60. The van der Waals surface area contributed by atoms with E-state index < -0.39 is 0 Å². The number of hydrogen-bond acceptors (Lipinski definition) is 2. The minimum absolute atomic E-state index is 0.155. The Kier molecular flexibility index (Phi) is 4.05. The van der Waals surface area contributed by atoms with Crippen molar-refractivity contribution in [1.82, 2.24) is 4.57 Å². The topological polar surface area (TPSA) is 31.2 Å². The number of halogens is 1. The van der Waals surface area contributed by atoms with Crippen LogP contribution in [0.25, 0.3) is 0 Å². The van der Waals surface area contributed by atoms with Crippen molar-refractivity contribution in [3.63, 3.8) is 0 Å². The monoisotopic (exact) mass is 263 g/mol. The Morgan fingerprint density at radius 2 is 2.00 bits per heavy atom. The predicted molar refractivity (Wildman–Crippen MR) is 72.2 cm³/mol. The van der Waals surface area contributed by atoms with Gasteiger partial charge < -0.3 is 9.30 Å². The third-order valence-corrected chi connectivity index (χ3v) is 2.80. The lowest BCUT2D eigenvalue weighted by Gasteiger charge is -2.09. The summed E-state index contributed by atoms with van der Waals surface area (Å²) >= 11 is 5.94. The Balaban J connectivity index is 2.19. The van der Waals surface area contributed by atoms with Crippen LogP contribution in [0.1, 0.15) is 12.5 Å². The average molecular weight is 264 g/mol. The molecule has 2 rings (SSSR count). The van der Waals surface area contributed by atoms with Gasteiger partial charge in [-0.25, -0.2) is 0 Å². The first-order valence-corrected chi connectivity index (χ1v) is 6.15. The molecule has 0 aliphatic carbocycles. The van der Waals surface area contributed by atoms with Gasteiger partial charge in [0.25, 0.3) is 5.56 Å². The van der Waals surface area contributed by atoms with Gasteiger partial charge in [0.2, 0.25) is 0 Å². The largest absolute Gasteiger partial charge is 0.483 e. The Hall–Kier alpha value is -1.74. The van der Waals surface area contributed by atoms with E-state index in [1.807, 2.05) is 37.3 Å². The van der Waals surface area contributed by atoms with E-state index in [0.717, 1.165) is 5.56 Å². The van der Waals surface area contributed by atoms with Gasteiger partial charge in [-0.3, -0.25) is 4.79 Å². The molecule has 18 heavy (non-hydrogen) atoms. The fourth-order valence-electron chi connectivity index (χ4n) is 1.65. The molecule has 1 aromatic heterocycles. The van der Waals surface area contributed by atoms with Crippen molar-refractivity contribution in [2.45, 2.75) is 20.1 Å². The number of hydrogen-bond donors (Lipinski definition) is 0. The molecule has 0 spiro atoms. The summed E-state index contributed by atoms with van der Waals surface area (Å²) in [7, 11) is 0. The average Bonchev–Trinajstić information content (AvgIpc) is 2.40. The highest BCUT2D eigenvalue weighted by molar-refractivity contribution is 6.30. The normalized spacial score (nSPS) is 10.3. The van der Waals surface area contributed by atoms with E-state index in [1.54, 1.807) is 12.3 Å². The van der Waals surface area contributed by atoms with Gasteiger partial charge in [0.05, 0.1) is 5.02 Å². The van der Waals surface area contributed by atoms with E-state index >= 15 is 0 Å². The molecule has 94 valence electrons. The van der Waals surface area contributed by atoms with Crippen molar-refractivity contribution < 1.29 is 4.74 Å². The van der Waals surface area contributed by atoms with E-state index in [9.17, 15) is 4.79 Å². The van der Waals surface area contributed by atoms with E-state index in [1.165, 1.54) is 4.57 Å². The fraction of sp³-hybridized carbons (Fsp3) is 0.214. The minimum atomic E-state index is -0.155. The quantitative estimate of drug-likeness (QED) is 0.849. The lowest BCUT2D eigenvalue weighted by atomic mass is 10.2. The van der Waals surface area contributed by atoms with Crippen LogP contribution in [0.4, 0.5) is 0 Å². The van der Waals surface area contributed by atoms with Crippen LogP contribution in [0, 0.1) is 0 Å². The zero-order valence-electron chi connectivity index (χ0n) is 10.1. The molecule has 0 unspecified atom stereocenters. The summed E-state index contributed by atoms with van der Waals surface area (Å²) in [5.74, 6) is 0.285. The van der Waals surface area contributed by atoms with Crippen molar-refractivity contribution in [2.75, 3.05) is 0 Å². The molecule has 0 fully saturated rings. The Morgan fingerprint density at radius 3 is 2.67 bits per heavy atom. The molecule has 1 aromatic carbocycles. The number of nitrogens with zero attached hydrogens (tertiary/aromatic N) is 1. The molecule has 4 heteroatoms. The van der Waals surface area contributed by atoms with Crippen molar-refractivity contribution in [1.29, 1.82) is 0 Å². The summed E-state index contributed by atoms with van der Waals surface area (Å²) in [5, 5.41) is 0.500. The van der Waals surface area contributed by atoms with Gasteiger partial charge in [-0.05, 0) is 12.5 Å². The van der Waals surface area contributed by atoms with E-state index in [0.29, 0.717) is 18.2 Å². The molecule has 0 saturated heterocycles. The smallest absolute Gasteiger partial charge is 0.292 e. The van der Waals surface area contributed by atoms with Gasteiger partial charge in [0.1, 0.15) is 6.61 Å². The predicted octanol–water partition coefficient (Wildman–Crippen LogP) is 3.10. The second-order valence-corrected chi connectivity index (χ2v) is 4.32. The van der Waals surface area contributed by atoms with Crippen LogP contribution in [0.15, 0.2) is 47.4 Å². The summed E-state index contributed by atoms with van der Waals surface area (Å²) in [6, 6.07) is 11.2. The first kappa shape index (κ1) is 12.7. The van der Waals surface area contributed by atoms with Gasteiger partial charge in [0.15, 0.2) is 5.75 Å². The van der Waals surface area contributed by atoms with E-state index in [4.69, 9.17) is 16.3 Å². The number of ether oxygens (including phenoxy) is 1. The highest BCUT2D eigenvalue weighted by Crippen LogP contribution is 2.14. The molecular formula is C14H14ClNO2. The number of aryl methyl sites for hydroxylation is 1. The molecule has 0 aliphatic heterocycles. The number of aromatic nitrogens is 1. The van der Waals surface area contributed by atoms with Crippen LogP contribution in [0.5, 0.6) is 5.75 Å². The maximum Gasteiger partial charge on any atom is 0.292 e. The van der Waals surface area contributed by atoms with Crippen LogP contribution in [0.2, 0.25) is 5.02 Å². The molecule has 2 aromatic rings. The van der Waals surface area contributed by atoms with E-state index in [2.05, 4.69) is 0 Å². The molecule has 3 nitrogen and oxygen atoms in total. The molecule has 0 atom stereocenters. The van der Waals surface area contributed by atoms with Crippen LogP contribution in [0.3, 0.4) is 0 Å². The maximum absolute atomic E-state index is 12.0. The Bertz CT molecular complexity index is 578. The van der Waals surface area contributed by atoms with Gasteiger partial charge in [-0.15, -0.1) is 0 Å². The van der Waals surface area contributed by atoms with Crippen molar-refractivity contribution in [3.05, 3.63) is 63.5 Å². The first-order valence-electron chi connectivity index (χ1n) is 5.77. The van der Waals surface area contributed by atoms with Gasteiger partial charge in [-0.1, -0.05) is 41.9 Å². The van der Waals surface area contributed by atoms with Gasteiger partial charge in [0, 0.05) is 18.8 Å². The lowest BCUT2D eigenvalue weighted by molar-refractivity contribution is 0.299. The molecule has 0 N–H and O–H groups in total. The van der Waals surface area contributed by atoms with Crippen LogP contribution in [-0.4, -0.2) is 4.57 Å². The lowest BCUT2D eigenvalue weighted by Crippen LogP contribution is -2.20. The van der Waals surface area contributed by atoms with Crippen molar-refractivity contribution >= 4 is 11.6 Å². The number of benzene rings is 1. The van der Waals surface area contributed by atoms with Crippen molar-refractivity contribution in [2.24, 2.45) is 0 Å². The second-order valence-electron chi connectivity index (χ2n) is 3.89. The Morgan fingerprint density at radius 1 is 1.28 bits per heavy atom. The standard InChI is InChI=1S/C14H14ClNO2/c1-2-16-9-12(15)8-13(14(16)17)18-10-11-6-4-3-5-7-11/h3-9H,2,10H2,1H3. The summed E-state index contributed by atoms with van der Waals surface area (Å²) in [6.07, 6.45) is 1.61. The summed E-state index contributed by atoms with van der Waals surface area (Å²) in [6.45, 7) is 2.82. The molecule has 0 saturated carbocycles. The first-order chi connectivity index (χ1) is 8.70. The SMILES string of the molecule is CCn1cc(Cl)cc(OCc2ccccc2)c1=O. The molecule has 0 bridgehead atoms. The zero-order chi connectivity index (χ0) is 13.0. The molecular weight excluding hydrogens is 250 g/mol. The summed E-state index contributed by atoms with van der Waals surface area (Å²) in [4.78, 5) is 12.0. The molecule has 0 radical (unpaired) electrons. The fourth-order valence-corrected chi connectivity index (χ4v) is 1.86. The van der Waals surface area contributed by atoms with Crippen molar-refractivity contribution in [3.8, 4) is 5.75 Å². The van der Waals surface area contributed by atoms with Crippen LogP contribution in [-0.2, 0) is 13.2 Å². The summed E-state index contributed by atoms with van der Waals surface area (Å²) < 4.78 is 7.06. The second kappa shape index (κ2) is 5.74. The number of rotatable bonds is 4. The van der Waals surface area contributed by atoms with Gasteiger partial charge in [-0.2, -0.15) is 0 Å². The Labute approximate surface area is 111 Å². The third kappa shape index (κ3) is 2.93. The molecule has 1 heterocycles. The van der Waals surface area contributed by atoms with E-state index in [-0.39, 0.29) is 11.3 Å². The summed E-state index contributed by atoms with van der Waals surface area (Å²) in [5.41, 5.74) is 0.859.